The first kappa shape index (κ1) is 20.9. The first-order chi connectivity index (χ1) is 13.4. The Hall–Kier alpha value is -1.80. The van der Waals surface area contributed by atoms with Crippen LogP contribution in [0.15, 0.2) is 24.3 Å². The van der Waals surface area contributed by atoms with Gasteiger partial charge in [-0.25, -0.2) is 0 Å². The van der Waals surface area contributed by atoms with Crippen LogP contribution in [0, 0.1) is 0 Å². The molecule has 2 fully saturated rings. The molecule has 0 bridgehead atoms. The monoisotopic (exact) mass is 398 g/mol. The predicted molar refractivity (Wildman–Crippen MR) is 103 cm³/mol. The average Bonchev–Trinajstić information content (AvgIpc) is 2.69. The van der Waals surface area contributed by atoms with E-state index in [1.54, 1.807) is 12.1 Å². The van der Waals surface area contributed by atoms with Crippen molar-refractivity contribution < 1.29 is 18.0 Å². The number of piperidine rings is 1. The van der Waals surface area contributed by atoms with Crippen LogP contribution in [0.2, 0.25) is 0 Å². The van der Waals surface area contributed by atoms with Gasteiger partial charge in [0.2, 0.25) is 5.91 Å². The molecule has 5 nitrogen and oxygen atoms in total. The molecule has 1 aromatic rings. The molecule has 0 aliphatic carbocycles. The summed E-state index contributed by atoms with van der Waals surface area (Å²) < 4.78 is 38.0. The quantitative estimate of drug-likeness (QED) is 0.773. The number of hydrogen-bond acceptors (Lipinski definition) is 4. The van der Waals surface area contributed by atoms with E-state index in [1.165, 1.54) is 0 Å². The second-order valence-electron chi connectivity index (χ2n) is 7.57. The van der Waals surface area contributed by atoms with E-state index >= 15 is 0 Å². The van der Waals surface area contributed by atoms with Gasteiger partial charge in [0.15, 0.2) is 0 Å². The predicted octanol–water partition coefficient (Wildman–Crippen LogP) is 2.48. The van der Waals surface area contributed by atoms with Gasteiger partial charge in [0, 0.05) is 44.3 Å². The van der Waals surface area contributed by atoms with Crippen molar-refractivity contribution in [3.05, 3.63) is 29.8 Å². The van der Waals surface area contributed by atoms with Crippen molar-refractivity contribution in [3.8, 4) is 0 Å². The van der Waals surface area contributed by atoms with Crippen molar-refractivity contribution in [1.29, 1.82) is 0 Å². The fraction of sp³-hybridized carbons (Fsp3) is 0.650. The minimum absolute atomic E-state index is 0.135. The van der Waals surface area contributed by atoms with E-state index < -0.39 is 11.7 Å². The third-order valence-corrected chi connectivity index (χ3v) is 5.51. The molecule has 2 heterocycles. The number of carbonyl (C=O) groups is 1. The summed E-state index contributed by atoms with van der Waals surface area (Å²) in [5.41, 5.74) is 0.214. The second kappa shape index (κ2) is 9.60. The number of rotatable bonds is 6. The molecule has 156 valence electrons. The van der Waals surface area contributed by atoms with E-state index in [9.17, 15) is 18.0 Å². The zero-order chi connectivity index (χ0) is 20.0. The summed E-state index contributed by atoms with van der Waals surface area (Å²) in [7, 11) is 0. The molecule has 0 unspecified atom stereocenters. The number of nitrogens with zero attached hydrogens (tertiary/aromatic N) is 2. The first-order valence-corrected chi connectivity index (χ1v) is 10.1. The maximum Gasteiger partial charge on any atom is 0.416 e. The first-order valence-electron chi connectivity index (χ1n) is 10.1. The summed E-state index contributed by atoms with van der Waals surface area (Å²) >= 11 is 0. The molecule has 8 heteroatoms. The lowest BCUT2D eigenvalue weighted by Crippen LogP contribution is -2.47. The molecule has 0 saturated carbocycles. The normalized spacial score (nSPS) is 19.6. The fourth-order valence-corrected chi connectivity index (χ4v) is 3.82. The Morgan fingerprint density at radius 1 is 1.07 bits per heavy atom. The van der Waals surface area contributed by atoms with Gasteiger partial charge in [-0.1, -0.05) is 0 Å². The smallest absolute Gasteiger partial charge is 0.369 e. The van der Waals surface area contributed by atoms with Gasteiger partial charge in [-0.2, -0.15) is 13.2 Å². The standard InChI is InChI=1S/C20H29F3N4O/c21-20(22,23)16-3-5-18(6-4-16)27-14-12-26(13-15-27)11-1-2-19(28)25-17-7-9-24-10-8-17/h3-6,17,24H,1-2,7-15H2,(H,25,28). The Morgan fingerprint density at radius 2 is 1.71 bits per heavy atom. The van der Waals surface area contributed by atoms with Crippen molar-refractivity contribution >= 4 is 11.6 Å². The largest absolute Gasteiger partial charge is 0.416 e. The van der Waals surface area contributed by atoms with E-state index in [4.69, 9.17) is 0 Å². The Bertz CT molecular complexity index is 621. The Kier molecular flexibility index (Phi) is 7.18. The van der Waals surface area contributed by atoms with Gasteiger partial charge in [-0.15, -0.1) is 0 Å². The number of carbonyl (C=O) groups excluding carboxylic acids is 1. The SMILES string of the molecule is O=C(CCCN1CCN(c2ccc(C(F)(F)F)cc2)CC1)NC1CCNCC1. The molecule has 0 radical (unpaired) electrons. The molecule has 2 saturated heterocycles. The highest BCUT2D eigenvalue weighted by atomic mass is 19.4. The summed E-state index contributed by atoms with van der Waals surface area (Å²) in [5, 5.41) is 6.40. The highest BCUT2D eigenvalue weighted by molar-refractivity contribution is 5.76. The zero-order valence-corrected chi connectivity index (χ0v) is 16.1. The number of piperazine rings is 1. The average molecular weight is 398 g/mol. The number of halogens is 3. The summed E-state index contributed by atoms with van der Waals surface area (Å²) in [5.74, 6) is 0.135. The molecule has 0 atom stereocenters. The summed E-state index contributed by atoms with van der Waals surface area (Å²) in [6.07, 6.45) is -0.924. The molecule has 3 rings (SSSR count). The lowest BCUT2D eigenvalue weighted by Gasteiger charge is -2.36. The Balaban J connectivity index is 1.34. The molecule has 28 heavy (non-hydrogen) atoms. The lowest BCUT2D eigenvalue weighted by molar-refractivity contribution is -0.137. The minimum Gasteiger partial charge on any atom is -0.369 e. The van der Waals surface area contributed by atoms with E-state index in [0.717, 1.165) is 82.9 Å². The fourth-order valence-electron chi connectivity index (χ4n) is 3.82. The van der Waals surface area contributed by atoms with E-state index in [-0.39, 0.29) is 5.91 Å². The van der Waals surface area contributed by atoms with Crippen molar-refractivity contribution in [2.45, 2.75) is 37.9 Å². The molecule has 1 aromatic carbocycles. The molecule has 0 aromatic heterocycles. The van der Waals surface area contributed by atoms with Gasteiger partial charge in [0.05, 0.1) is 5.56 Å². The number of amides is 1. The number of anilines is 1. The highest BCUT2D eigenvalue weighted by Crippen LogP contribution is 2.30. The zero-order valence-electron chi connectivity index (χ0n) is 16.1. The summed E-state index contributed by atoms with van der Waals surface area (Å²) in [4.78, 5) is 16.5. The van der Waals surface area contributed by atoms with Crippen LogP contribution in [0.3, 0.4) is 0 Å². The Labute approximate surface area is 164 Å². The van der Waals surface area contributed by atoms with Crippen molar-refractivity contribution in [2.24, 2.45) is 0 Å². The van der Waals surface area contributed by atoms with Gasteiger partial charge < -0.3 is 15.5 Å². The molecular weight excluding hydrogens is 369 g/mol. The molecule has 0 spiro atoms. The number of hydrogen-bond donors (Lipinski definition) is 2. The summed E-state index contributed by atoms with van der Waals surface area (Å²) in [6.45, 7) is 6.09. The van der Waals surface area contributed by atoms with E-state index in [1.807, 2.05) is 0 Å². The molecular formula is C20H29F3N4O. The van der Waals surface area contributed by atoms with Crippen LogP contribution in [-0.4, -0.2) is 62.7 Å². The number of alkyl halides is 3. The van der Waals surface area contributed by atoms with Gasteiger partial charge in [-0.05, 0) is 63.2 Å². The maximum atomic E-state index is 12.7. The molecule has 2 N–H and O–H groups in total. The van der Waals surface area contributed by atoms with Gasteiger partial charge in [0.25, 0.3) is 0 Å². The van der Waals surface area contributed by atoms with Crippen LogP contribution in [0.1, 0.15) is 31.2 Å². The maximum absolute atomic E-state index is 12.7. The van der Waals surface area contributed by atoms with Crippen LogP contribution < -0.4 is 15.5 Å². The number of nitrogens with one attached hydrogen (secondary N) is 2. The van der Waals surface area contributed by atoms with Crippen molar-refractivity contribution in [1.82, 2.24) is 15.5 Å². The van der Waals surface area contributed by atoms with Crippen molar-refractivity contribution in [2.75, 3.05) is 50.7 Å². The van der Waals surface area contributed by atoms with Gasteiger partial charge in [0.1, 0.15) is 0 Å². The topological polar surface area (TPSA) is 47.6 Å². The molecule has 2 aliphatic rings. The van der Waals surface area contributed by atoms with E-state index in [0.29, 0.717) is 12.5 Å². The third-order valence-electron chi connectivity index (χ3n) is 5.51. The van der Waals surface area contributed by atoms with Crippen LogP contribution in [0.25, 0.3) is 0 Å². The Morgan fingerprint density at radius 3 is 2.32 bits per heavy atom. The lowest BCUT2D eigenvalue weighted by atomic mass is 10.1. The van der Waals surface area contributed by atoms with Crippen LogP contribution in [0.5, 0.6) is 0 Å². The molecule has 2 aliphatic heterocycles. The number of benzene rings is 1. The minimum atomic E-state index is -4.29. The van der Waals surface area contributed by atoms with Gasteiger partial charge >= 0.3 is 6.18 Å². The van der Waals surface area contributed by atoms with Crippen molar-refractivity contribution in [3.63, 3.8) is 0 Å². The third kappa shape index (κ3) is 6.10. The van der Waals surface area contributed by atoms with E-state index in [2.05, 4.69) is 20.4 Å². The van der Waals surface area contributed by atoms with Gasteiger partial charge in [-0.3, -0.25) is 9.69 Å². The highest BCUT2D eigenvalue weighted by Gasteiger charge is 2.30. The van der Waals surface area contributed by atoms with Crippen LogP contribution in [0.4, 0.5) is 18.9 Å². The summed E-state index contributed by atoms with van der Waals surface area (Å²) in [6, 6.07) is 5.68. The second-order valence-corrected chi connectivity index (χ2v) is 7.57. The van der Waals surface area contributed by atoms with Crippen LogP contribution in [-0.2, 0) is 11.0 Å². The molecule has 1 amide bonds. The van der Waals surface area contributed by atoms with Crippen LogP contribution >= 0.6 is 0 Å².